The molecule has 0 aliphatic heterocycles. The van der Waals surface area contributed by atoms with E-state index in [0.717, 1.165) is 12.0 Å². The number of rotatable bonds is 7. The maximum absolute atomic E-state index is 13.6. The van der Waals surface area contributed by atoms with Crippen LogP contribution in [0.25, 0.3) is 0 Å². The van der Waals surface area contributed by atoms with E-state index in [1.54, 1.807) is 6.07 Å². The van der Waals surface area contributed by atoms with Gasteiger partial charge in [-0.2, -0.15) is 0 Å². The largest absolute Gasteiger partial charge is 0.299 e. The summed E-state index contributed by atoms with van der Waals surface area (Å²) in [6, 6.07) is 5.11. The van der Waals surface area contributed by atoms with Crippen molar-refractivity contribution in [3.05, 3.63) is 29.6 Å². The van der Waals surface area contributed by atoms with Crippen LogP contribution in [0.4, 0.5) is 4.39 Å². The van der Waals surface area contributed by atoms with E-state index in [1.165, 1.54) is 17.8 Å². The first-order chi connectivity index (χ1) is 9.06. The predicted molar refractivity (Wildman–Crippen MR) is 74.5 cm³/mol. The number of halogens is 1. The number of amides is 2. The van der Waals surface area contributed by atoms with Gasteiger partial charge in [-0.05, 0) is 30.5 Å². The zero-order valence-electron chi connectivity index (χ0n) is 11.1. The second-order valence-corrected chi connectivity index (χ2v) is 5.75. The summed E-state index contributed by atoms with van der Waals surface area (Å²) in [6.07, 6.45) is 2.11. The van der Waals surface area contributed by atoms with Crippen LogP contribution in [0.15, 0.2) is 23.1 Å². The van der Waals surface area contributed by atoms with Crippen LogP contribution in [-0.4, -0.2) is 17.6 Å². The summed E-state index contributed by atoms with van der Waals surface area (Å²) in [5.41, 5.74) is 1.09. The highest BCUT2D eigenvalue weighted by molar-refractivity contribution is 8.00. The lowest BCUT2D eigenvalue weighted by molar-refractivity contribution is -0.125. The van der Waals surface area contributed by atoms with Gasteiger partial charge in [-0.15, -0.1) is 11.8 Å². The van der Waals surface area contributed by atoms with Crippen molar-refractivity contribution < 1.29 is 14.0 Å². The Kier molecular flexibility index (Phi) is 6.56. The van der Waals surface area contributed by atoms with E-state index >= 15 is 0 Å². The topological polar surface area (TPSA) is 46.2 Å². The van der Waals surface area contributed by atoms with Gasteiger partial charge in [-0.3, -0.25) is 14.9 Å². The number of thioether (sulfide) groups is 1. The molecule has 0 aliphatic rings. The Balaban J connectivity index is 2.54. The molecule has 1 aromatic rings. The van der Waals surface area contributed by atoms with E-state index in [-0.39, 0.29) is 23.4 Å². The zero-order valence-corrected chi connectivity index (χ0v) is 11.9. The Morgan fingerprint density at radius 1 is 1.53 bits per heavy atom. The van der Waals surface area contributed by atoms with Crippen LogP contribution in [0.1, 0.15) is 32.3 Å². The van der Waals surface area contributed by atoms with Gasteiger partial charge in [0.05, 0.1) is 0 Å². The zero-order chi connectivity index (χ0) is 14.3. The first kappa shape index (κ1) is 15.7. The van der Waals surface area contributed by atoms with Crippen LogP contribution >= 0.6 is 11.8 Å². The third-order valence-electron chi connectivity index (χ3n) is 2.73. The highest BCUT2D eigenvalue weighted by Crippen LogP contribution is 2.29. The minimum Gasteiger partial charge on any atom is -0.299 e. The van der Waals surface area contributed by atoms with Gasteiger partial charge < -0.3 is 0 Å². The molecular formula is C14H18FNO2S. The lowest BCUT2D eigenvalue weighted by Gasteiger charge is -2.12. The quantitative estimate of drug-likeness (QED) is 0.618. The fourth-order valence-corrected chi connectivity index (χ4v) is 2.68. The molecule has 0 fully saturated rings. The molecular weight excluding hydrogens is 265 g/mol. The molecule has 1 atom stereocenters. The van der Waals surface area contributed by atoms with Crippen LogP contribution in [0, 0.1) is 5.82 Å². The van der Waals surface area contributed by atoms with Gasteiger partial charge in [-0.25, -0.2) is 4.39 Å². The number of benzene rings is 1. The fraction of sp³-hybridized carbons (Fsp3) is 0.429. The monoisotopic (exact) mass is 283 g/mol. The molecule has 1 rings (SSSR count). The summed E-state index contributed by atoms with van der Waals surface area (Å²) in [5, 5.41) is 2.20. The van der Waals surface area contributed by atoms with E-state index in [1.807, 2.05) is 19.9 Å². The molecule has 0 saturated carbocycles. The summed E-state index contributed by atoms with van der Waals surface area (Å²) < 4.78 is 13.6. The normalized spacial score (nSPS) is 11.9. The number of hydrogen-bond donors (Lipinski definition) is 1. The van der Waals surface area contributed by atoms with Gasteiger partial charge in [-0.1, -0.05) is 19.9 Å². The first-order valence-electron chi connectivity index (χ1n) is 6.25. The maximum atomic E-state index is 13.6. The van der Waals surface area contributed by atoms with Crippen LogP contribution in [0.3, 0.4) is 0 Å². The van der Waals surface area contributed by atoms with Crippen molar-refractivity contribution in [2.24, 2.45) is 0 Å². The van der Waals surface area contributed by atoms with E-state index < -0.39 is 0 Å². The van der Waals surface area contributed by atoms with Gasteiger partial charge in [0.1, 0.15) is 5.82 Å². The van der Waals surface area contributed by atoms with E-state index in [2.05, 4.69) is 5.32 Å². The number of imide groups is 1. The molecule has 5 heteroatoms. The second-order valence-electron chi connectivity index (χ2n) is 4.27. The molecule has 19 heavy (non-hydrogen) atoms. The molecule has 1 N–H and O–H groups in total. The summed E-state index contributed by atoms with van der Waals surface area (Å²) in [7, 11) is 0. The first-order valence-corrected chi connectivity index (χ1v) is 7.12. The van der Waals surface area contributed by atoms with Crippen molar-refractivity contribution in [1.29, 1.82) is 0 Å². The Hall–Kier alpha value is -1.36. The predicted octanol–water partition coefficient (Wildman–Crippen LogP) is 2.92. The van der Waals surface area contributed by atoms with Gasteiger partial charge in [0, 0.05) is 16.6 Å². The van der Waals surface area contributed by atoms with E-state index in [0.29, 0.717) is 17.7 Å². The van der Waals surface area contributed by atoms with Gasteiger partial charge in [0.15, 0.2) is 0 Å². The molecule has 0 bridgehead atoms. The number of aryl methyl sites for hydroxylation is 1. The Bertz CT molecular complexity index is 451. The van der Waals surface area contributed by atoms with Crippen LogP contribution < -0.4 is 5.32 Å². The van der Waals surface area contributed by atoms with Crippen LogP contribution in [0.5, 0.6) is 0 Å². The Labute approximate surface area is 117 Å². The van der Waals surface area contributed by atoms with Gasteiger partial charge in [0.25, 0.3) is 0 Å². The molecule has 2 amide bonds. The third kappa shape index (κ3) is 5.42. The fourth-order valence-electron chi connectivity index (χ4n) is 1.61. The standard InChI is InChI=1S/C14H18FNO2S/c1-3-11-5-6-12(15)13(8-11)19-10(2)4-7-14(18)16-9-17/h5-6,8-10H,3-4,7H2,1-2H3,(H,16,17,18). The minimum absolute atomic E-state index is 0.110. The molecule has 1 unspecified atom stereocenters. The van der Waals surface area contributed by atoms with Crippen LogP contribution in [0.2, 0.25) is 0 Å². The molecule has 3 nitrogen and oxygen atoms in total. The number of carbonyl (C=O) groups excluding carboxylic acids is 2. The highest BCUT2D eigenvalue weighted by atomic mass is 32.2. The summed E-state index contributed by atoms with van der Waals surface area (Å²) in [6.45, 7) is 3.96. The molecule has 0 spiro atoms. The summed E-state index contributed by atoms with van der Waals surface area (Å²) in [5.74, 6) is -0.531. The van der Waals surface area contributed by atoms with Crippen molar-refractivity contribution in [3.8, 4) is 0 Å². The molecule has 1 aromatic carbocycles. The molecule has 0 aliphatic carbocycles. The summed E-state index contributed by atoms with van der Waals surface area (Å²) in [4.78, 5) is 21.8. The molecule has 0 radical (unpaired) electrons. The van der Waals surface area contributed by atoms with Crippen molar-refractivity contribution in [1.82, 2.24) is 5.32 Å². The maximum Gasteiger partial charge on any atom is 0.226 e. The average molecular weight is 283 g/mol. The minimum atomic E-state index is -0.301. The van der Waals surface area contributed by atoms with Crippen molar-refractivity contribution in [2.75, 3.05) is 0 Å². The van der Waals surface area contributed by atoms with Gasteiger partial charge >= 0.3 is 0 Å². The number of hydrogen-bond acceptors (Lipinski definition) is 3. The molecule has 0 saturated heterocycles. The molecule has 0 heterocycles. The highest BCUT2D eigenvalue weighted by Gasteiger charge is 2.11. The van der Waals surface area contributed by atoms with Crippen molar-refractivity contribution in [2.45, 2.75) is 43.3 Å². The van der Waals surface area contributed by atoms with Gasteiger partial charge in [0.2, 0.25) is 12.3 Å². The third-order valence-corrected chi connectivity index (χ3v) is 3.93. The SMILES string of the molecule is CCc1ccc(F)c(SC(C)CCC(=O)NC=O)c1. The second kappa shape index (κ2) is 7.94. The number of carbonyl (C=O) groups is 2. The van der Waals surface area contributed by atoms with Crippen LogP contribution in [-0.2, 0) is 16.0 Å². The summed E-state index contributed by atoms with van der Waals surface area (Å²) >= 11 is 1.42. The lowest BCUT2D eigenvalue weighted by atomic mass is 10.2. The van der Waals surface area contributed by atoms with E-state index in [4.69, 9.17) is 0 Å². The van der Waals surface area contributed by atoms with Crippen molar-refractivity contribution in [3.63, 3.8) is 0 Å². The molecule has 0 aromatic heterocycles. The lowest BCUT2D eigenvalue weighted by Crippen LogP contribution is -2.21. The van der Waals surface area contributed by atoms with E-state index in [9.17, 15) is 14.0 Å². The smallest absolute Gasteiger partial charge is 0.226 e. The number of nitrogens with one attached hydrogen (secondary N) is 1. The average Bonchev–Trinajstić information content (AvgIpc) is 2.39. The molecule has 104 valence electrons. The Morgan fingerprint density at radius 2 is 2.26 bits per heavy atom. The Morgan fingerprint density at radius 3 is 2.89 bits per heavy atom. The van der Waals surface area contributed by atoms with Crippen molar-refractivity contribution >= 4 is 24.1 Å².